The van der Waals surface area contributed by atoms with Gasteiger partial charge in [0.05, 0.1) is 4.47 Å². The molecule has 2 aromatic rings. The summed E-state index contributed by atoms with van der Waals surface area (Å²) in [6, 6.07) is 10.8. The van der Waals surface area contributed by atoms with E-state index in [2.05, 4.69) is 37.4 Å². The Labute approximate surface area is 210 Å². The molecule has 11 heteroatoms. The van der Waals surface area contributed by atoms with E-state index in [4.69, 9.17) is 28.6 Å². The molecule has 8 nitrogen and oxygen atoms in total. The number of carbonyl (C=O) groups excluding carboxylic acids is 3. The fourth-order valence-corrected chi connectivity index (χ4v) is 3.47. The second kappa shape index (κ2) is 13.1. The van der Waals surface area contributed by atoms with Crippen molar-refractivity contribution in [3.63, 3.8) is 0 Å². The van der Waals surface area contributed by atoms with E-state index in [1.54, 1.807) is 31.2 Å². The summed E-state index contributed by atoms with van der Waals surface area (Å²) >= 11 is 14.4. The van der Waals surface area contributed by atoms with E-state index in [9.17, 15) is 14.4 Å². The molecule has 0 aliphatic carbocycles. The van der Waals surface area contributed by atoms with Crippen molar-refractivity contribution in [3.05, 3.63) is 57.0 Å². The van der Waals surface area contributed by atoms with Crippen molar-refractivity contribution in [3.8, 4) is 5.75 Å². The molecule has 176 valence electrons. The molecule has 0 aliphatic heterocycles. The van der Waals surface area contributed by atoms with Crippen molar-refractivity contribution in [1.82, 2.24) is 16.2 Å². The van der Waals surface area contributed by atoms with Crippen molar-refractivity contribution in [1.29, 1.82) is 0 Å². The number of aryl methyl sites for hydroxylation is 1. The Balaban J connectivity index is 1.67. The molecule has 2 rings (SSSR count). The SMILES string of the molecule is CCc1ccc(OCC(=O)NC(=S)NNC(=O)CCC(=O)Nc2cccc(Cl)c2C)c(Br)c1. The topological polar surface area (TPSA) is 109 Å². The van der Waals surface area contributed by atoms with Crippen LogP contribution in [0.1, 0.15) is 30.9 Å². The average Bonchev–Trinajstić information content (AvgIpc) is 2.78. The first kappa shape index (κ1) is 26.6. The van der Waals surface area contributed by atoms with Gasteiger partial charge in [-0.1, -0.05) is 30.7 Å². The van der Waals surface area contributed by atoms with Crippen LogP contribution < -0.4 is 26.2 Å². The van der Waals surface area contributed by atoms with E-state index in [0.717, 1.165) is 22.0 Å². The van der Waals surface area contributed by atoms with Crippen molar-refractivity contribution in [2.45, 2.75) is 33.1 Å². The Morgan fingerprint density at radius 1 is 1.06 bits per heavy atom. The molecule has 0 saturated carbocycles. The number of thiocarbonyl (C=S) groups is 1. The van der Waals surface area contributed by atoms with Crippen LogP contribution in [-0.2, 0) is 20.8 Å². The minimum atomic E-state index is -0.496. The highest BCUT2D eigenvalue weighted by Crippen LogP contribution is 2.26. The summed E-state index contributed by atoms with van der Waals surface area (Å²) in [5.41, 5.74) is 7.21. The molecule has 0 aliphatic rings. The average molecular weight is 556 g/mol. The van der Waals surface area contributed by atoms with Gasteiger partial charge in [-0.2, -0.15) is 0 Å². The minimum absolute atomic E-state index is 0.0435. The molecule has 33 heavy (non-hydrogen) atoms. The summed E-state index contributed by atoms with van der Waals surface area (Å²) in [7, 11) is 0. The van der Waals surface area contributed by atoms with Gasteiger partial charge in [-0.25, -0.2) is 0 Å². The zero-order chi connectivity index (χ0) is 24.4. The maximum absolute atomic E-state index is 12.1. The lowest BCUT2D eigenvalue weighted by Gasteiger charge is -2.12. The molecule has 0 saturated heterocycles. The molecule has 0 atom stereocenters. The van der Waals surface area contributed by atoms with E-state index in [-0.39, 0.29) is 30.5 Å². The molecule has 0 spiro atoms. The molecular formula is C22H24BrClN4O4S. The maximum Gasteiger partial charge on any atom is 0.264 e. The Morgan fingerprint density at radius 2 is 1.79 bits per heavy atom. The van der Waals surface area contributed by atoms with Gasteiger partial charge < -0.3 is 10.1 Å². The summed E-state index contributed by atoms with van der Waals surface area (Å²) in [5.74, 6) is -0.771. The molecule has 3 amide bonds. The standard InChI is InChI=1S/C22H24BrClN4O4S/c1-3-14-7-8-18(15(23)11-14)32-12-21(31)26-22(33)28-27-20(30)10-9-19(29)25-17-6-4-5-16(24)13(17)2/h4-8,11H,3,9-10,12H2,1-2H3,(H,25,29)(H,27,30)(H2,26,28,31,33). The van der Waals surface area contributed by atoms with Gasteiger partial charge in [0.2, 0.25) is 11.8 Å². The number of benzene rings is 2. The lowest BCUT2D eigenvalue weighted by molar-refractivity contribution is -0.125. The fraction of sp³-hybridized carbons (Fsp3) is 0.273. The van der Waals surface area contributed by atoms with Crippen molar-refractivity contribution < 1.29 is 19.1 Å². The predicted molar refractivity (Wildman–Crippen MR) is 135 cm³/mol. The number of hydrogen-bond acceptors (Lipinski definition) is 5. The van der Waals surface area contributed by atoms with Crippen molar-refractivity contribution in [2.75, 3.05) is 11.9 Å². The Hall–Kier alpha value is -2.69. The Morgan fingerprint density at radius 3 is 2.48 bits per heavy atom. The van der Waals surface area contributed by atoms with Gasteiger partial charge in [-0.15, -0.1) is 0 Å². The summed E-state index contributed by atoms with van der Waals surface area (Å²) in [4.78, 5) is 36.0. The van der Waals surface area contributed by atoms with Crippen molar-refractivity contribution in [2.24, 2.45) is 0 Å². The number of hydrogen-bond donors (Lipinski definition) is 4. The number of halogens is 2. The third-order valence-corrected chi connectivity index (χ3v) is 5.69. The van der Waals surface area contributed by atoms with Crippen LogP contribution in [0.15, 0.2) is 40.9 Å². The molecule has 0 heterocycles. The van der Waals surface area contributed by atoms with Gasteiger partial charge in [-0.3, -0.25) is 30.6 Å². The summed E-state index contributed by atoms with van der Waals surface area (Å²) < 4.78 is 6.22. The van der Waals surface area contributed by atoms with Crippen LogP contribution >= 0.6 is 39.7 Å². The number of ether oxygens (including phenoxy) is 1. The van der Waals surface area contributed by atoms with Crippen LogP contribution in [0.5, 0.6) is 5.75 Å². The monoisotopic (exact) mass is 554 g/mol. The van der Waals surface area contributed by atoms with Crippen LogP contribution in [0.25, 0.3) is 0 Å². The highest BCUT2D eigenvalue weighted by atomic mass is 79.9. The number of anilines is 1. The zero-order valence-electron chi connectivity index (χ0n) is 18.1. The predicted octanol–water partition coefficient (Wildman–Crippen LogP) is 3.79. The van der Waals surface area contributed by atoms with Crippen LogP contribution in [0.4, 0.5) is 5.69 Å². The minimum Gasteiger partial charge on any atom is -0.483 e. The first-order valence-corrected chi connectivity index (χ1v) is 11.6. The summed E-state index contributed by atoms with van der Waals surface area (Å²) in [6.45, 7) is 3.57. The lowest BCUT2D eigenvalue weighted by atomic mass is 10.2. The normalized spacial score (nSPS) is 10.2. The highest BCUT2D eigenvalue weighted by Gasteiger charge is 2.11. The zero-order valence-corrected chi connectivity index (χ0v) is 21.2. The fourth-order valence-electron chi connectivity index (χ4n) is 2.59. The number of amides is 3. The Bertz CT molecular complexity index is 1050. The molecule has 2 aromatic carbocycles. The summed E-state index contributed by atoms with van der Waals surface area (Å²) in [5, 5.41) is 5.54. The smallest absolute Gasteiger partial charge is 0.264 e. The van der Waals surface area contributed by atoms with E-state index in [0.29, 0.717) is 16.5 Å². The van der Waals surface area contributed by atoms with Gasteiger partial charge in [0.25, 0.3) is 5.91 Å². The molecule has 0 unspecified atom stereocenters. The van der Waals surface area contributed by atoms with Gasteiger partial charge in [0, 0.05) is 23.6 Å². The van der Waals surface area contributed by atoms with Gasteiger partial charge in [0.1, 0.15) is 5.75 Å². The van der Waals surface area contributed by atoms with Crippen LogP contribution in [0.3, 0.4) is 0 Å². The third kappa shape index (κ3) is 8.99. The number of hydrazine groups is 1. The quantitative estimate of drug-likeness (QED) is 0.292. The van der Waals surface area contributed by atoms with Crippen LogP contribution in [-0.4, -0.2) is 29.4 Å². The lowest BCUT2D eigenvalue weighted by Crippen LogP contribution is -2.49. The van der Waals surface area contributed by atoms with E-state index < -0.39 is 11.8 Å². The molecule has 0 fully saturated rings. The molecular weight excluding hydrogens is 532 g/mol. The molecule has 0 bridgehead atoms. The summed E-state index contributed by atoms with van der Waals surface area (Å²) in [6.07, 6.45) is 0.759. The number of nitrogens with one attached hydrogen (secondary N) is 4. The number of carbonyl (C=O) groups is 3. The third-order valence-electron chi connectivity index (χ3n) is 4.45. The Kier molecular flexibility index (Phi) is 10.6. The largest absolute Gasteiger partial charge is 0.483 e. The van der Waals surface area contributed by atoms with E-state index in [1.807, 2.05) is 19.1 Å². The molecule has 4 N–H and O–H groups in total. The van der Waals surface area contributed by atoms with Crippen LogP contribution in [0, 0.1) is 6.92 Å². The maximum atomic E-state index is 12.1. The van der Waals surface area contributed by atoms with E-state index in [1.165, 1.54) is 0 Å². The molecule has 0 aromatic heterocycles. The van der Waals surface area contributed by atoms with Gasteiger partial charge in [0.15, 0.2) is 11.7 Å². The first-order valence-electron chi connectivity index (χ1n) is 10.0. The molecule has 0 radical (unpaired) electrons. The first-order chi connectivity index (χ1) is 15.7. The van der Waals surface area contributed by atoms with Gasteiger partial charge >= 0.3 is 0 Å². The van der Waals surface area contributed by atoms with Crippen LogP contribution in [0.2, 0.25) is 5.02 Å². The van der Waals surface area contributed by atoms with Gasteiger partial charge in [-0.05, 0) is 76.9 Å². The highest BCUT2D eigenvalue weighted by molar-refractivity contribution is 9.10. The number of rotatable bonds is 8. The van der Waals surface area contributed by atoms with E-state index >= 15 is 0 Å². The second-order valence-electron chi connectivity index (χ2n) is 6.92. The second-order valence-corrected chi connectivity index (χ2v) is 8.59. The van der Waals surface area contributed by atoms with Crippen molar-refractivity contribution >= 4 is 68.3 Å².